The number of amides is 1. The van der Waals surface area contributed by atoms with Crippen LogP contribution in [-0.2, 0) is 11.3 Å². The first-order chi connectivity index (χ1) is 14.0. The molecule has 0 saturated carbocycles. The van der Waals surface area contributed by atoms with E-state index in [-0.39, 0.29) is 18.4 Å². The number of nitrogens with one attached hydrogen (secondary N) is 3. The molecule has 0 bridgehead atoms. The molecule has 3 aliphatic rings. The molecule has 4 rings (SSSR count). The molecular weight excluding hydrogens is 368 g/mol. The molecule has 0 unspecified atom stereocenters. The molecule has 3 heterocycles. The summed E-state index contributed by atoms with van der Waals surface area (Å²) in [5.41, 5.74) is 4.98. The highest BCUT2D eigenvalue weighted by Gasteiger charge is 2.33. The monoisotopic (exact) mass is 394 g/mol. The lowest BCUT2D eigenvalue weighted by Crippen LogP contribution is -2.40. The van der Waals surface area contributed by atoms with Crippen LogP contribution in [0.3, 0.4) is 0 Å². The third kappa shape index (κ3) is 3.99. The molecule has 7 heteroatoms. The van der Waals surface area contributed by atoms with Crippen LogP contribution in [0, 0.1) is 0 Å². The van der Waals surface area contributed by atoms with Crippen LogP contribution in [0.15, 0.2) is 42.3 Å². The summed E-state index contributed by atoms with van der Waals surface area (Å²) >= 11 is 0. The first-order valence-corrected chi connectivity index (χ1v) is 10.0. The minimum Gasteiger partial charge on any atom is -0.447 e. The number of hydrogen-bond donors (Lipinski definition) is 3. The zero-order valence-corrected chi connectivity index (χ0v) is 16.7. The number of ether oxygens (including phenoxy) is 1. The van der Waals surface area contributed by atoms with Gasteiger partial charge in [-0.05, 0) is 50.6 Å². The molecular formula is C22H26N4O3. The number of dihydropyridines is 1. The third-order valence-corrected chi connectivity index (χ3v) is 5.01. The van der Waals surface area contributed by atoms with Crippen molar-refractivity contribution in [2.24, 2.45) is 0 Å². The van der Waals surface area contributed by atoms with Crippen molar-refractivity contribution in [2.45, 2.75) is 39.3 Å². The average Bonchev–Trinajstić information content (AvgIpc) is 3.08. The molecule has 2 aliphatic heterocycles. The number of fused-ring (bicyclic) bond motifs is 1. The van der Waals surface area contributed by atoms with Crippen LogP contribution >= 0.6 is 0 Å². The number of carbonyl (C=O) groups is 2. The van der Waals surface area contributed by atoms with Gasteiger partial charge in [-0.25, -0.2) is 4.79 Å². The van der Waals surface area contributed by atoms with Gasteiger partial charge in [0.25, 0.3) is 0 Å². The van der Waals surface area contributed by atoms with Crippen molar-refractivity contribution in [1.29, 1.82) is 0 Å². The molecule has 29 heavy (non-hydrogen) atoms. The lowest BCUT2D eigenvalue weighted by atomic mass is 10.0. The molecule has 0 radical (unpaired) electrons. The van der Waals surface area contributed by atoms with Crippen LogP contribution in [0.1, 0.15) is 48.4 Å². The minimum atomic E-state index is -0.469. The number of nitrogens with zero attached hydrogens (tertiary/aromatic N) is 1. The second kappa shape index (κ2) is 8.03. The third-order valence-electron chi connectivity index (χ3n) is 5.01. The van der Waals surface area contributed by atoms with Crippen molar-refractivity contribution < 1.29 is 14.3 Å². The smallest absolute Gasteiger partial charge is 0.410 e. The largest absolute Gasteiger partial charge is 0.447 e. The maximum absolute atomic E-state index is 13.0. The first-order valence-electron chi connectivity index (χ1n) is 10.0. The SMILES string of the molecule is CC(C)OC(=O)N1CC(=O)c2c([nH]c(C3=CCNC=C3)c2NC2=CCCC=C2)C1. The average molecular weight is 394 g/mol. The van der Waals surface area contributed by atoms with Crippen LogP contribution in [0.5, 0.6) is 0 Å². The van der Waals surface area contributed by atoms with Crippen molar-refractivity contribution in [1.82, 2.24) is 15.2 Å². The molecule has 1 aliphatic carbocycles. The molecule has 1 amide bonds. The second-order valence-electron chi connectivity index (χ2n) is 7.61. The van der Waals surface area contributed by atoms with E-state index in [1.807, 2.05) is 18.4 Å². The van der Waals surface area contributed by atoms with Crippen molar-refractivity contribution in [3.63, 3.8) is 0 Å². The van der Waals surface area contributed by atoms with Gasteiger partial charge in [0.1, 0.15) is 0 Å². The van der Waals surface area contributed by atoms with E-state index in [2.05, 4.69) is 33.8 Å². The van der Waals surface area contributed by atoms with Gasteiger partial charge >= 0.3 is 6.09 Å². The van der Waals surface area contributed by atoms with Gasteiger partial charge in [-0.1, -0.05) is 18.2 Å². The van der Waals surface area contributed by atoms with Gasteiger partial charge in [0.2, 0.25) is 0 Å². The van der Waals surface area contributed by atoms with Crippen molar-refractivity contribution in [3.05, 3.63) is 59.2 Å². The predicted molar refractivity (Wildman–Crippen MR) is 112 cm³/mol. The highest BCUT2D eigenvalue weighted by molar-refractivity contribution is 6.08. The number of H-pyrrole nitrogens is 1. The van der Waals surface area contributed by atoms with Gasteiger partial charge in [0, 0.05) is 17.9 Å². The van der Waals surface area contributed by atoms with Crippen molar-refractivity contribution in [2.75, 3.05) is 18.4 Å². The van der Waals surface area contributed by atoms with Gasteiger partial charge in [-0.3, -0.25) is 9.69 Å². The number of hydrogen-bond acceptors (Lipinski definition) is 5. The molecule has 152 valence electrons. The Morgan fingerprint density at radius 3 is 2.76 bits per heavy atom. The topological polar surface area (TPSA) is 86.5 Å². The van der Waals surface area contributed by atoms with Crippen LogP contribution < -0.4 is 10.6 Å². The number of allylic oxidation sites excluding steroid dienone is 5. The molecule has 0 fully saturated rings. The molecule has 0 spiro atoms. The zero-order chi connectivity index (χ0) is 20.4. The van der Waals surface area contributed by atoms with E-state index >= 15 is 0 Å². The minimum absolute atomic E-state index is 0.00978. The van der Waals surface area contributed by atoms with Gasteiger partial charge < -0.3 is 20.4 Å². The molecule has 7 nitrogen and oxygen atoms in total. The lowest BCUT2D eigenvalue weighted by molar-refractivity contribution is 0.0647. The molecule has 0 aromatic carbocycles. The summed E-state index contributed by atoms with van der Waals surface area (Å²) in [5, 5.41) is 6.60. The highest BCUT2D eigenvalue weighted by atomic mass is 16.6. The normalized spacial score (nSPS) is 18.2. The molecule has 1 aromatic heterocycles. The summed E-state index contributed by atoms with van der Waals surface area (Å²) in [5.74, 6) is -0.101. The number of anilines is 1. The Bertz CT molecular complexity index is 950. The van der Waals surface area contributed by atoms with E-state index in [9.17, 15) is 9.59 Å². The summed E-state index contributed by atoms with van der Waals surface area (Å²) in [6.45, 7) is 4.63. The second-order valence-corrected chi connectivity index (χ2v) is 7.61. The van der Waals surface area contributed by atoms with Crippen LogP contribution in [0.4, 0.5) is 10.5 Å². The first kappa shape index (κ1) is 19.1. The Balaban J connectivity index is 1.71. The van der Waals surface area contributed by atoms with Crippen LogP contribution in [0.25, 0.3) is 5.57 Å². The zero-order valence-electron chi connectivity index (χ0n) is 16.7. The summed E-state index contributed by atoms with van der Waals surface area (Å²) in [6.07, 6.45) is 13.5. The number of rotatable bonds is 4. The number of aromatic amines is 1. The fourth-order valence-electron chi connectivity index (χ4n) is 3.71. The quantitative estimate of drug-likeness (QED) is 0.725. The van der Waals surface area contributed by atoms with E-state index in [4.69, 9.17) is 4.74 Å². The number of ketones is 1. The van der Waals surface area contributed by atoms with Gasteiger partial charge in [0.15, 0.2) is 5.78 Å². The Morgan fingerprint density at radius 1 is 1.21 bits per heavy atom. The predicted octanol–water partition coefficient (Wildman–Crippen LogP) is 3.70. The van der Waals surface area contributed by atoms with Crippen LogP contribution in [0.2, 0.25) is 0 Å². The van der Waals surface area contributed by atoms with E-state index in [1.54, 1.807) is 13.8 Å². The van der Waals surface area contributed by atoms with Crippen LogP contribution in [-0.4, -0.2) is 41.0 Å². The fourth-order valence-corrected chi connectivity index (χ4v) is 3.71. The van der Waals surface area contributed by atoms with Gasteiger partial charge in [-0.2, -0.15) is 0 Å². The highest BCUT2D eigenvalue weighted by Crippen LogP contribution is 2.36. The van der Waals surface area contributed by atoms with Gasteiger partial charge in [0.05, 0.1) is 36.1 Å². The number of Topliss-reactive ketones (excluding diaryl/α,β-unsaturated/α-hetero) is 1. The molecule has 3 N–H and O–H groups in total. The maximum atomic E-state index is 13.0. The van der Waals surface area contributed by atoms with Crippen molar-refractivity contribution in [3.8, 4) is 0 Å². The van der Waals surface area contributed by atoms with E-state index in [0.29, 0.717) is 12.1 Å². The maximum Gasteiger partial charge on any atom is 0.410 e. The Morgan fingerprint density at radius 2 is 2.07 bits per heavy atom. The van der Waals surface area contributed by atoms with E-state index in [0.717, 1.165) is 47.7 Å². The number of aromatic nitrogens is 1. The Kier molecular flexibility index (Phi) is 5.29. The Hall–Kier alpha value is -3.22. The molecule has 1 aromatic rings. The van der Waals surface area contributed by atoms with Gasteiger partial charge in [-0.15, -0.1) is 0 Å². The Labute approximate surface area is 170 Å². The summed E-state index contributed by atoms with van der Waals surface area (Å²) in [4.78, 5) is 30.2. The van der Waals surface area contributed by atoms with E-state index < -0.39 is 6.09 Å². The molecule has 0 atom stereocenters. The standard InChI is InChI=1S/C22H26N4O3/c1-14(2)29-22(28)26-12-17-19(18(27)13-26)21(24-16-6-4-3-5-7-16)20(25-17)15-8-10-23-11-9-15/h4,6-10,14,23-25H,3,5,11-13H2,1-2H3. The summed E-state index contributed by atoms with van der Waals surface area (Å²) in [7, 11) is 0. The molecule has 0 saturated heterocycles. The lowest BCUT2D eigenvalue weighted by Gasteiger charge is -2.26. The van der Waals surface area contributed by atoms with Crippen molar-refractivity contribution >= 4 is 23.1 Å². The summed E-state index contributed by atoms with van der Waals surface area (Å²) < 4.78 is 5.28. The number of carbonyl (C=O) groups excluding carboxylic acids is 2. The van der Waals surface area contributed by atoms with E-state index in [1.165, 1.54) is 4.90 Å². The summed E-state index contributed by atoms with van der Waals surface area (Å²) in [6, 6.07) is 0. The fraction of sp³-hybridized carbons (Fsp3) is 0.364.